The van der Waals surface area contributed by atoms with Crippen LogP contribution in [0.15, 0.2) is 30.3 Å². The van der Waals surface area contributed by atoms with Crippen LogP contribution in [0.25, 0.3) is 0 Å². The Morgan fingerprint density at radius 1 is 1.00 bits per heavy atom. The topological polar surface area (TPSA) is 37.8 Å². The first-order valence-corrected chi connectivity index (χ1v) is 5.30. The Morgan fingerprint density at radius 2 is 1.71 bits per heavy atom. The van der Waals surface area contributed by atoms with Crippen LogP contribution in [0.3, 0.4) is 0 Å². The number of hydrogen-bond acceptors (Lipinski definition) is 3. The lowest BCUT2D eigenvalue weighted by atomic mass is 10.2. The summed E-state index contributed by atoms with van der Waals surface area (Å²) in [6.07, 6.45) is 0. The minimum Gasteiger partial charge on any atom is -1.00 e. The van der Waals surface area contributed by atoms with Crippen molar-refractivity contribution < 1.29 is 12.4 Å². The lowest BCUT2D eigenvalue weighted by Gasteiger charge is -2.09. The van der Waals surface area contributed by atoms with Crippen molar-refractivity contribution in [2.24, 2.45) is 0 Å². The molecule has 0 radical (unpaired) electrons. The van der Waals surface area contributed by atoms with E-state index in [9.17, 15) is 0 Å². The van der Waals surface area contributed by atoms with E-state index in [1.165, 1.54) is 5.56 Å². The van der Waals surface area contributed by atoms with Crippen molar-refractivity contribution in [3.8, 4) is 0 Å². The van der Waals surface area contributed by atoms with Gasteiger partial charge in [0.15, 0.2) is 0 Å². The zero-order valence-corrected chi connectivity index (χ0v) is 10.9. The molecule has 2 aromatic rings. The van der Waals surface area contributed by atoms with Gasteiger partial charge in [-0.15, -0.1) is 0 Å². The predicted octanol–water partition coefficient (Wildman–Crippen LogP) is 0.149. The molecule has 0 bridgehead atoms. The fourth-order valence-corrected chi connectivity index (χ4v) is 1.63. The number of rotatable bonds is 2. The van der Waals surface area contributed by atoms with Crippen molar-refractivity contribution in [1.29, 1.82) is 0 Å². The van der Waals surface area contributed by atoms with E-state index in [4.69, 9.17) is 0 Å². The fourth-order valence-electron chi connectivity index (χ4n) is 1.63. The van der Waals surface area contributed by atoms with E-state index in [1.807, 2.05) is 38.1 Å². The van der Waals surface area contributed by atoms with Gasteiger partial charge in [0.1, 0.15) is 11.6 Å². The molecule has 1 N–H and O–H groups in total. The second kappa shape index (κ2) is 5.64. The zero-order chi connectivity index (χ0) is 11.5. The first-order chi connectivity index (χ1) is 7.65. The molecule has 0 aliphatic carbocycles. The van der Waals surface area contributed by atoms with Gasteiger partial charge in [-0.25, -0.2) is 9.97 Å². The van der Waals surface area contributed by atoms with Gasteiger partial charge in [-0.3, -0.25) is 0 Å². The molecule has 0 saturated heterocycles. The number of aryl methyl sites for hydroxylation is 3. The SMILES string of the molecule is Cc1cc(Nc2ccccc2C)nc(C)n1.[Cl-]. The van der Waals surface area contributed by atoms with E-state index in [-0.39, 0.29) is 12.4 Å². The van der Waals surface area contributed by atoms with Gasteiger partial charge in [0, 0.05) is 17.4 Å². The summed E-state index contributed by atoms with van der Waals surface area (Å²) >= 11 is 0. The van der Waals surface area contributed by atoms with E-state index in [0.717, 1.165) is 23.0 Å². The molecule has 0 spiro atoms. The summed E-state index contributed by atoms with van der Waals surface area (Å²) in [5.74, 6) is 1.63. The lowest BCUT2D eigenvalue weighted by Crippen LogP contribution is -3.00. The number of hydrogen-bond donors (Lipinski definition) is 1. The second-order valence-corrected chi connectivity index (χ2v) is 3.88. The molecule has 1 heterocycles. The first-order valence-electron chi connectivity index (χ1n) is 5.30. The fraction of sp³-hybridized carbons (Fsp3) is 0.231. The van der Waals surface area contributed by atoms with Gasteiger partial charge in [0.25, 0.3) is 0 Å². The summed E-state index contributed by atoms with van der Waals surface area (Å²) in [4.78, 5) is 8.60. The molecule has 2 rings (SSSR count). The van der Waals surface area contributed by atoms with Crippen molar-refractivity contribution in [3.63, 3.8) is 0 Å². The summed E-state index contributed by atoms with van der Waals surface area (Å²) in [7, 11) is 0. The van der Waals surface area contributed by atoms with Crippen molar-refractivity contribution in [3.05, 3.63) is 47.4 Å². The van der Waals surface area contributed by atoms with Crippen LogP contribution in [0.4, 0.5) is 11.5 Å². The normalized spacial score (nSPS) is 9.59. The summed E-state index contributed by atoms with van der Waals surface area (Å²) in [5.41, 5.74) is 3.26. The van der Waals surface area contributed by atoms with Gasteiger partial charge in [-0.2, -0.15) is 0 Å². The number of aromatic nitrogens is 2. The summed E-state index contributed by atoms with van der Waals surface area (Å²) in [6.45, 7) is 5.94. The molecule has 0 unspecified atom stereocenters. The number of para-hydroxylation sites is 1. The lowest BCUT2D eigenvalue weighted by molar-refractivity contribution is -0.00000373. The van der Waals surface area contributed by atoms with Gasteiger partial charge in [-0.1, -0.05) is 18.2 Å². The van der Waals surface area contributed by atoms with Crippen LogP contribution in [0.5, 0.6) is 0 Å². The molecule has 17 heavy (non-hydrogen) atoms. The molecule has 3 nitrogen and oxygen atoms in total. The Morgan fingerprint density at radius 3 is 2.35 bits per heavy atom. The van der Waals surface area contributed by atoms with E-state index in [0.29, 0.717) is 0 Å². The molecule has 0 amide bonds. The molecule has 0 atom stereocenters. The third-order valence-electron chi connectivity index (χ3n) is 2.37. The monoisotopic (exact) mass is 248 g/mol. The Hall–Kier alpha value is -1.61. The number of halogens is 1. The van der Waals surface area contributed by atoms with Crippen LogP contribution in [0, 0.1) is 20.8 Å². The Balaban J connectivity index is 0.00000144. The number of anilines is 2. The molecule has 4 heteroatoms. The third kappa shape index (κ3) is 3.43. The Bertz CT molecular complexity index is 492. The number of nitrogens with one attached hydrogen (secondary N) is 1. The molecule has 0 fully saturated rings. The largest absolute Gasteiger partial charge is 1.00 e. The minimum atomic E-state index is 0. The second-order valence-electron chi connectivity index (χ2n) is 3.88. The zero-order valence-electron chi connectivity index (χ0n) is 10.2. The molecule has 1 aromatic heterocycles. The van der Waals surface area contributed by atoms with Crippen molar-refractivity contribution in [2.75, 3.05) is 5.32 Å². The highest BCUT2D eigenvalue weighted by molar-refractivity contribution is 5.60. The highest BCUT2D eigenvalue weighted by Crippen LogP contribution is 2.18. The molecule has 1 aromatic carbocycles. The van der Waals surface area contributed by atoms with Crippen molar-refractivity contribution >= 4 is 11.5 Å². The smallest absolute Gasteiger partial charge is 0.134 e. The van der Waals surface area contributed by atoms with Crippen molar-refractivity contribution in [1.82, 2.24) is 9.97 Å². The minimum absolute atomic E-state index is 0. The van der Waals surface area contributed by atoms with Crippen LogP contribution in [-0.2, 0) is 0 Å². The molecule has 0 aliphatic rings. The highest BCUT2D eigenvalue weighted by atomic mass is 35.5. The first kappa shape index (κ1) is 13.5. The molecule has 0 saturated carbocycles. The quantitative estimate of drug-likeness (QED) is 0.822. The van der Waals surface area contributed by atoms with Gasteiger partial charge >= 0.3 is 0 Å². The van der Waals surface area contributed by atoms with E-state index in [1.54, 1.807) is 0 Å². The molecular formula is C13H15ClN3-. The summed E-state index contributed by atoms with van der Waals surface area (Å²) < 4.78 is 0. The highest BCUT2D eigenvalue weighted by Gasteiger charge is 2.01. The van der Waals surface area contributed by atoms with Crippen LogP contribution in [0.1, 0.15) is 17.1 Å². The maximum atomic E-state index is 4.35. The van der Waals surface area contributed by atoms with E-state index >= 15 is 0 Å². The number of nitrogens with zero attached hydrogens (tertiary/aromatic N) is 2. The van der Waals surface area contributed by atoms with Gasteiger partial charge < -0.3 is 17.7 Å². The Kier molecular flexibility index (Phi) is 4.46. The third-order valence-corrected chi connectivity index (χ3v) is 2.37. The van der Waals surface area contributed by atoms with Crippen LogP contribution >= 0.6 is 0 Å². The summed E-state index contributed by atoms with van der Waals surface area (Å²) in [5, 5.41) is 3.30. The average Bonchev–Trinajstić information content (AvgIpc) is 2.20. The number of benzene rings is 1. The van der Waals surface area contributed by atoms with Gasteiger partial charge in [0.05, 0.1) is 0 Å². The predicted molar refractivity (Wildman–Crippen MR) is 66.0 cm³/mol. The van der Waals surface area contributed by atoms with E-state index in [2.05, 4.69) is 28.3 Å². The van der Waals surface area contributed by atoms with Crippen LogP contribution < -0.4 is 17.7 Å². The summed E-state index contributed by atoms with van der Waals surface area (Å²) in [6, 6.07) is 10.1. The van der Waals surface area contributed by atoms with Crippen molar-refractivity contribution in [2.45, 2.75) is 20.8 Å². The van der Waals surface area contributed by atoms with Gasteiger partial charge in [0.2, 0.25) is 0 Å². The van der Waals surface area contributed by atoms with Crippen LogP contribution in [0.2, 0.25) is 0 Å². The standard InChI is InChI=1S/C13H15N3.ClH/c1-9-6-4-5-7-12(9)16-13-8-10(2)14-11(3)15-13;/h4-8H,1-3H3,(H,14,15,16);1H/p-1. The molecule has 0 aliphatic heterocycles. The Labute approximate surface area is 108 Å². The van der Waals surface area contributed by atoms with Crippen LogP contribution in [-0.4, -0.2) is 9.97 Å². The molecule has 90 valence electrons. The van der Waals surface area contributed by atoms with Gasteiger partial charge in [-0.05, 0) is 32.4 Å². The average molecular weight is 249 g/mol. The maximum Gasteiger partial charge on any atom is 0.134 e. The molecular weight excluding hydrogens is 234 g/mol. The van der Waals surface area contributed by atoms with E-state index < -0.39 is 0 Å². The maximum absolute atomic E-state index is 4.35.